The average Bonchev–Trinajstić information content (AvgIpc) is 2.52. The van der Waals surface area contributed by atoms with Crippen LogP contribution in [0.5, 0.6) is 0 Å². The second-order valence-electron chi connectivity index (χ2n) is 4.40. The number of hydrogen-bond acceptors (Lipinski definition) is 5. The third kappa shape index (κ3) is 3.16. The molecule has 0 bridgehead atoms. The lowest BCUT2D eigenvalue weighted by molar-refractivity contribution is -0.384. The van der Waals surface area contributed by atoms with Crippen LogP contribution in [-0.4, -0.2) is 4.92 Å². The summed E-state index contributed by atoms with van der Waals surface area (Å²) in [6.45, 7) is 0.807. The van der Waals surface area contributed by atoms with Gasteiger partial charge < -0.3 is 11.1 Å². The number of benzene rings is 2. The monoisotopic (exact) mass is 282 g/mol. The van der Waals surface area contributed by atoms with Gasteiger partial charge in [-0.3, -0.25) is 10.1 Å². The van der Waals surface area contributed by atoms with Crippen molar-refractivity contribution in [2.45, 2.75) is 13.1 Å². The molecule has 106 valence electrons. The van der Waals surface area contributed by atoms with Crippen LogP contribution in [0.15, 0.2) is 42.5 Å². The Morgan fingerprint density at radius 1 is 1.19 bits per heavy atom. The minimum absolute atomic E-state index is 0.0390. The van der Waals surface area contributed by atoms with Crippen LogP contribution in [0.2, 0.25) is 0 Å². The molecule has 0 heterocycles. The van der Waals surface area contributed by atoms with Crippen molar-refractivity contribution in [1.82, 2.24) is 0 Å². The summed E-state index contributed by atoms with van der Waals surface area (Å²) in [5, 5.41) is 23.1. The quantitative estimate of drug-likeness (QED) is 0.647. The first-order chi connectivity index (χ1) is 10.2. The molecule has 2 aromatic carbocycles. The largest absolute Gasteiger partial charge is 0.375 e. The Bertz CT molecular complexity index is 707. The molecule has 0 radical (unpaired) electrons. The maximum absolute atomic E-state index is 11.1. The lowest BCUT2D eigenvalue weighted by Gasteiger charge is -2.11. The van der Waals surface area contributed by atoms with E-state index in [4.69, 9.17) is 11.0 Å². The molecule has 21 heavy (non-hydrogen) atoms. The molecule has 0 atom stereocenters. The van der Waals surface area contributed by atoms with Gasteiger partial charge in [0, 0.05) is 13.1 Å². The van der Waals surface area contributed by atoms with Crippen molar-refractivity contribution >= 4 is 11.4 Å². The molecule has 0 unspecified atom stereocenters. The fourth-order valence-corrected chi connectivity index (χ4v) is 2.09. The van der Waals surface area contributed by atoms with Crippen molar-refractivity contribution < 1.29 is 4.92 Å². The van der Waals surface area contributed by atoms with Crippen LogP contribution in [-0.2, 0) is 13.1 Å². The molecule has 0 aromatic heterocycles. The van der Waals surface area contributed by atoms with Crippen molar-refractivity contribution in [2.75, 3.05) is 5.32 Å². The number of nitro benzene ring substituents is 1. The van der Waals surface area contributed by atoms with Crippen LogP contribution in [0, 0.1) is 21.4 Å². The van der Waals surface area contributed by atoms with Crippen LogP contribution in [0.3, 0.4) is 0 Å². The summed E-state index contributed by atoms with van der Waals surface area (Å²) in [7, 11) is 0. The highest BCUT2D eigenvalue weighted by Crippen LogP contribution is 2.28. The van der Waals surface area contributed by atoms with E-state index in [2.05, 4.69) is 5.32 Å². The molecular weight excluding hydrogens is 268 g/mol. The predicted molar refractivity (Wildman–Crippen MR) is 79.5 cm³/mol. The summed E-state index contributed by atoms with van der Waals surface area (Å²) in [6.07, 6.45) is 0. The van der Waals surface area contributed by atoms with Gasteiger partial charge in [0.25, 0.3) is 0 Å². The van der Waals surface area contributed by atoms with Crippen LogP contribution >= 0.6 is 0 Å². The molecule has 0 spiro atoms. The molecule has 0 aliphatic carbocycles. The van der Waals surface area contributed by atoms with Crippen molar-refractivity contribution in [1.29, 1.82) is 5.26 Å². The standard InChI is InChI=1S/C15H14N4O2/c16-8-11-4-1-2-5-13(11)10-18-14-7-3-6-12(9-17)15(14)19(20)21/h1-7,18H,8,10,16H2. The first-order valence-electron chi connectivity index (χ1n) is 6.35. The van der Waals surface area contributed by atoms with E-state index in [1.54, 1.807) is 12.1 Å². The molecule has 0 fully saturated rings. The molecule has 0 saturated carbocycles. The number of nitrogens with one attached hydrogen (secondary N) is 1. The summed E-state index contributed by atoms with van der Waals surface area (Å²) in [4.78, 5) is 10.6. The van der Waals surface area contributed by atoms with Crippen molar-refractivity contribution in [2.24, 2.45) is 5.73 Å². The number of hydrogen-bond donors (Lipinski definition) is 2. The van der Waals surface area contributed by atoms with Gasteiger partial charge >= 0.3 is 5.69 Å². The predicted octanol–water partition coefficient (Wildman–Crippen LogP) is 2.54. The van der Waals surface area contributed by atoms with Crippen LogP contribution < -0.4 is 11.1 Å². The normalized spacial score (nSPS) is 9.90. The fraction of sp³-hybridized carbons (Fsp3) is 0.133. The highest BCUT2D eigenvalue weighted by atomic mass is 16.6. The first kappa shape index (κ1) is 14.5. The summed E-state index contributed by atoms with van der Waals surface area (Å²) in [5.74, 6) is 0. The minimum atomic E-state index is -0.546. The highest BCUT2D eigenvalue weighted by Gasteiger charge is 2.19. The smallest absolute Gasteiger partial charge is 0.309 e. The molecule has 0 saturated heterocycles. The molecule has 6 nitrogen and oxygen atoms in total. The zero-order chi connectivity index (χ0) is 15.2. The summed E-state index contributed by atoms with van der Waals surface area (Å²) in [5.41, 5.74) is 7.77. The summed E-state index contributed by atoms with van der Waals surface area (Å²) >= 11 is 0. The number of anilines is 1. The molecule has 0 aliphatic rings. The Kier molecular flexibility index (Phi) is 4.49. The van der Waals surface area contributed by atoms with E-state index in [1.165, 1.54) is 6.07 Å². The van der Waals surface area contributed by atoms with Crippen molar-refractivity contribution in [3.05, 3.63) is 69.3 Å². The number of nitrogens with two attached hydrogens (primary N) is 1. The lowest BCUT2D eigenvalue weighted by atomic mass is 10.1. The highest BCUT2D eigenvalue weighted by molar-refractivity contribution is 5.68. The molecule has 2 rings (SSSR count). The SMILES string of the molecule is N#Cc1cccc(NCc2ccccc2CN)c1[N+](=O)[O-]. The Balaban J connectivity index is 2.29. The Morgan fingerprint density at radius 3 is 2.52 bits per heavy atom. The Labute approximate surface area is 122 Å². The average molecular weight is 282 g/mol. The molecule has 2 aromatic rings. The first-order valence-corrected chi connectivity index (χ1v) is 6.35. The number of nitrogens with zero attached hydrogens (tertiary/aromatic N) is 2. The molecular formula is C15H14N4O2. The zero-order valence-electron chi connectivity index (χ0n) is 11.2. The fourth-order valence-electron chi connectivity index (χ4n) is 2.09. The third-order valence-electron chi connectivity index (χ3n) is 3.15. The van der Waals surface area contributed by atoms with E-state index in [1.807, 2.05) is 30.3 Å². The maximum atomic E-state index is 11.1. The molecule has 6 heteroatoms. The van der Waals surface area contributed by atoms with Gasteiger partial charge in [-0.15, -0.1) is 0 Å². The zero-order valence-corrected chi connectivity index (χ0v) is 11.2. The number of rotatable bonds is 5. The van der Waals surface area contributed by atoms with Gasteiger partial charge in [0.1, 0.15) is 17.3 Å². The molecule has 0 amide bonds. The second-order valence-corrected chi connectivity index (χ2v) is 4.40. The van der Waals surface area contributed by atoms with Gasteiger partial charge in [0.15, 0.2) is 0 Å². The summed E-state index contributed by atoms with van der Waals surface area (Å²) in [6, 6.07) is 14.1. The Morgan fingerprint density at radius 2 is 1.90 bits per heavy atom. The van der Waals surface area contributed by atoms with E-state index in [9.17, 15) is 10.1 Å². The van der Waals surface area contributed by atoms with Gasteiger partial charge in [-0.05, 0) is 23.3 Å². The van der Waals surface area contributed by atoms with Crippen LogP contribution in [0.4, 0.5) is 11.4 Å². The van der Waals surface area contributed by atoms with Gasteiger partial charge in [-0.1, -0.05) is 30.3 Å². The number of para-hydroxylation sites is 1. The minimum Gasteiger partial charge on any atom is -0.375 e. The maximum Gasteiger partial charge on any atom is 0.309 e. The van der Waals surface area contributed by atoms with Crippen LogP contribution in [0.1, 0.15) is 16.7 Å². The molecule has 0 aliphatic heterocycles. The van der Waals surface area contributed by atoms with E-state index >= 15 is 0 Å². The number of nitriles is 1. The van der Waals surface area contributed by atoms with E-state index in [-0.39, 0.29) is 11.3 Å². The van der Waals surface area contributed by atoms with E-state index in [0.717, 1.165) is 11.1 Å². The van der Waals surface area contributed by atoms with E-state index in [0.29, 0.717) is 18.8 Å². The van der Waals surface area contributed by atoms with Crippen molar-refractivity contribution in [3.63, 3.8) is 0 Å². The molecule has 3 N–H and O–H groups in total. The number of nitro groups is 1. The topological polar surface area (TPSA) is 105 Å². The summed E-state index contributed by atoms with van der Waals surface area (Å²) < 4.78 is 0. The van der Waals surface area contributed by atoms with Gasteiger partial charge in [0.05, 0.1) is 4.92 Å². The van der Waals surface area contributed by atoms with Gasteiger partial charge in [-0.25, -0.2) is 0 Å². The van der Waals surface area contributed by atoms with E-state index < -0.39 is 4.92 Å². The Hall–Kier alpha value is -2.91. The lowest BCUT2D eigenvalue weighted by Crippen LogP contribution is -2.08. The van der Waals surface area contributed by atoms with Crippen molar-refractivity contribution in [3.8, 4) is 6.07 Å². The van der Waals surface area contributed by atoms with Crippen LogP contribution in [0.25, 0.3) is 0 Å². The second kappa shape index (κ2) is 6.50. The van der Waals surface area contributed by atoms with Gasteiger partial charge in [-0.2, -0.15) is 5.26 Å². The van der Waals surface area contributed by atoms with Gasteiger partial charge in [0.2, 0.25) is 0 Å². The third-order valence-corrected chi connectivity index (χ3v) is 3.15.